The van der Waals surface area contributed by atoms with Gasteiger partial charge in [0.1, 0.15) is 0 Å². The van der Waals surface area contributed by atoms with Crippen molar-refractivity contribution in [3.8, 4) is 11.5 Å². The maximum absolute atomic E-state index is 12.5. The Hall–Kier alpha value is -3.06. The number of rotatable bonds is 8. The quantitative estimate of drug-likeness (QED) is 0.718. The van der Waals surface area contributed by atoms with E-state index in [1.165, 1.54) is 19.8 Å². The van der Waals surface area contributed by atoms with Gasteiger partial charge in [0.15, 0.2) is 11.5 Å². The Kier molecular flexibility index (Phi) is 7.68. The van der Waals surface area contributed by atoms with Crippen LogP contribution < -0.4 is 14.8 Å². The molecule has 0 bridgehead atoms. The minimum atomic E-state index is -0.314. The van der Waals surface area contributed by atoms with Crippen molar-refractivity contribution in [2.75, 3.05) is 53.5 Å². The smallest absolute Gasteiger partial charge is 0.251 e. The molecule has 0 aromatic heterocycles. The third-order valence-corrected chi connectivity index (χ3v) is 5.33. The van der Waals surface area contributed by atoms with E-state index in [0.717, 1.165) is 26.1 Å². The number of nitrogens with one attached hydrogen (secondary N) is 1. The molecule has 2 aromatic rings. The van der Waals surface area contributed by atoms with Crippen LogP contribution in [0.1, 0.15) is 15.9 Å². The summed E-state index contributed by atoms with van der Waals surface area (Å²) in [6.07, 6.45) is 1.01. The molecule has 1 N–H and O–H groups in total. The van der Waals surface area contributed by atoms with Gasteiger partial charge in [-0.1, -0.05) is 30.3 Å². The molecule has 2 amide bonds. The van der Waals surface area contributed by atoms with Crippen LogP contribution in [0.4, 0.5) is 0 Å². The molecule has 0 spiro atoms. The van der Waals surface area contributed by atoms with Crippen LogP contribution in [0.2, 0.25) is 0 Å². The van der Waals surface area contributed by atoms with Gasteiger partial charge < -0.3 is 19.7 Å². The standard InChI is InChI=1S/C23H29N3O4/c1-29-20-9-8-19(16-21(20)30-2)23(28)24-17-22(27)26-14-12-25(13-15-26)11-10-18-6-4-3-5-7-18/h3-9,16H,10-15,17H2,1-2H3,(H,24,28). The van der Waals surface area contributed by atoms with E-state index in [2.05, 4.69) is 34.5 Å². The van der Waals surface area contributed by atoms with E-state index in [0.29, 0.717) is 30.2 Å². The summed E-state index contributed by atoms with van der Waals surface area (Å²) in [5.41, 5.74) is 1.75. The minimum absolute atomic E-state index is 0.0167. The summed E-state index contributed by atoms with van der Waals surface area (Å²) in [5.74, 6) is 0.649. The van der Waals surface area contributed by atoms with Crippen molar-refractivity contribution in [1.29, 1.82) is 0 Å². The van der Waals surface area contributed by atoms with Gasteiger partial charge in [-0.25, -0.2) is 0 Å². The van der Waals surface area contributed by atoms with Crippen LogP contribution >= 0.6 is 0 Å². The second-order valence-corrected chi connectivity index (χ2v) is 7.21. The van der Waals surface area contributed by atoms with Crippen LogP contribution in [-0.4, -0.2) is 75.1 Å². The number of ether oxygens (including phenoxy) is 2. The zero-order chi connectivity index (χ0) is 21.3. The molecule has 7 heteroatoms. The molecule has 0 aliphatic carbocycles. The van der Waals surface area contributed by atoms with E-state index in [4.69, 9.17) is 9.47 Å². The molecule has 0 atom stereocenters. The number of carbonyl (C=O) groups is 2. The summed E-state index contributed by atoms with van der Waals surface area (Å²) in [5, 5.41) is 2.70. The number of methoxy groups -OCH3 is 2. The lowest BCUT2D eigenvalue weighted by atomic mass is 10.1. The maximum Gasteiger partial charge on any atom is 0.251 e. The van der Waals surface area contributed by atoms with Crippen LogP contribution in [0.15, 0.2) is 48.5 Å². The van der Waals surface area contributed by atoms with Gasteiger partial charge in [0.2, 0.25) is 5.91 Å². The van der Waals surface area contributed by atoms with Gasteiger partial charge >= 0.3 is 0 Å². The molecule has 0 unspecified atom stereocenters. The summed E-state index contributed by atoms with van der Waals surface area (Å²) < 4.78 is 10.4. The highest BCUT2D eigenvalue weighted by Crippen LogP contribution is 2.27. The number of hydrogen-bond acceptors (Lipinski definition) is 5. The van der Waals surface area contributed by atoms with E-state index in [9.17, 15) is 9.59 Å². The minimum Gasteiger partial charge on any atom is -0.493 e. The van der Waals surface area contributed by atoms with Crippen LogP contribution in [0.25, 0.3) is 0 Å². The second kappa shape index (κ2) is 10.6. The van der Waals surface area contributed by atoms with Gasteiger partial charge in [0, 0.05) is 38.3 Å². The van der Waals surface area contributed by atoms with Crippen molar-refractivity contribution in [2.24, 2.45) is 0 Å². The molecular formula is C23H29N3O4. The summed E-state index contributed by atoms with van der Waals surface area (Å²) >= 11 is 0. The van der Waals surface area contributed by atoms with Crippen molar-refractivity contribution < 1.29 is 19.1 Å². The van der Waals surface area contributed by atoms with Crippen molar-refractivity contribution in [2.45, 2.75) is 6.42 Å². The maximum atomic E-state index is 12.5. The fourth-order valence-corrected chi connectivity index (χ4v) is 3.50. The molecule has 7 nitrogen and oxygen atoms in total. The lowest BCUT2D eigenvalue weighted by molar-refractivity contribution is -0.131. The molecule has 1 aliphatic heterocycles. The number of amides is 2. The fraction of sp³-hybridized carbons (Fsp3) is 0.391. The van der Waals surface area contributed by atoms with Gasteiger partial charge in [-0.3, -0.25) is 14.5 Å². The molecule has 2 aromatic carbocycles. The molecule has 0 radical (unpaired) electrons. The Morgan fingerprint density at radius 3 is 2.30 bits per heavy atom. The molecule has 1 aliphatic rings. The van der Waals surface area contributed by atoms with Crippen molar-refractivity contribution in [3.05, 3.63) is 59.7 Å². The first-order valence-electron chi connectivity index (χ1n) is 10.1. The van der Waals surface area contributed by atoms with Gasteiger partial charge in [-0.15, -0.1) is 0 Å². The summed E-state index contributed by atoms with van der Waals surface area (Å²) in [6.45, 7) is 4.03. The molecule has 0 saturated carbocycles. The van der Waals surface area contributed by atoms with E-state index < -0.39 is 0 Å². The van der Waals surface area contributed by atoms with Crippen LogP contribution in [0, 0.1) is 0 Å². The van der Waals surface area contributed by atoms with Gasteiger partial charge in [0.25, 0.3) is 5.91 Å². The van der Waals surface area contributed by atoms with Crippen molar-refractivity contribution in [3.63, 3.8) is 0 Å². The van der Waals surface area contributed by atoms with E-state index in [1.54, 1.807) is 18.2 Å². The van der Waals surface area contributed by atoms with Gasteiger partial charge in [0.05, 0.1) is 20.8 Å². The highest BCUT2D eigenvalue weighted by atomic mass is 16.5. The summed E-state index contributed by atoms with van der Waals surface area (Å²) in [7, 11) is 3.06. The van der Waals surface area contributed by atoms with Crippen molar-refractivity contribution in [1.82, 2.24) is 15.1 Å². The van der Waals surface area contributed by atoms with Gasteiger partial charge in [-0.05, 0) is 30.2 Å². The van der Waals surface area contributed by atoms with Crippen LogP contribution in [0.5, 0.6) is 11.5 Å². The molecule has 1 heterocycles. The Morgan fingerprint density at radius 1 is 0.933 bits per heavy atom. The Morgan fingerprint density at radius 2 is 1.63 bits per heavy atom. The van der Waals surface area contributed by atoms with E-state index in [-0.39, 0.29) is 18.4 Å². The molecule has 1 saturated heterocycles. The normalized spacial score (nSPS) is 14.3. The largest absolute Gasteiger partial charge is 0.493 e. The Bertz CT molecular complexity index is 849. The first-order valence-corrected chi connectivity index (χ1v) is 10.1. The second-order valence-electron chi connectivity index (χ2n) is 7.21. The molecule has 1 fully saturated rings. The Balaban J connectivity index is 1.42. The lowest BCUT2D eigenvalue weighted by Crippen LogP contribution is -2.51. The van der Waals surface area contributed by atoms with E-state index in [1.807, 2.05) is 11.0 Å². The average Bonchev–Trinajstić information content (AvgIpc) is 2.81. The number of piperazine rings is 1. The highest BCUT2D eigenvalue weighted by Gasteiger charge is 2.21. The summed E-state index contributed by atoms with van der Waals surface area (Å²) in [6, 6.07) is 15.3. The van der Waals surface area contributed by atoms with E-state index >= 15 is 0 Å². The first-order chi connectivity index (χ1) is 14.6. The monoisotopic (exact) mass is 411 g/mol. The van der Waals surface area contributed by atoms with Crippen LogP contribution in [-0.2, 0) is 11.2 Å². The number of carbonyl (C=O) groups excluding carboxylic acids is 2. The lowest BCUT2D eigenvalue weighted by Gasteiger charge is -2.34. The zero-order valence-electron chi connectivity index (χ0n) is 17.6. The highest BCUT2D eigenvalue weighted by molar-refractivity contribution is 5.97. The first kappa shape index (κ1) is 21.6. The zero-order valence-corrected chi connectivity index (χ0v) is 17.6. The summed E-state index contributed by atoms with van der Waals surface area (Å²) in [4.78, 5) is 29.1. The Labute approximate surface area is 177 Å². The molecular weight excluding hydrogens is 382 g/mol. The topological polar surface area (TPSA) is 71.1 Å². The van der Waals surface area contributed by atoms with Gasteiger partial charge in [-0.2, -0.15) is 0 Å². The number of hydrogen-bond donors (Lipinski definition) is 1. The fourth-order valence-electron chi connectivity index (χ4n) is 3.50. The number of benzene rings is 2. The van der Waals surface area contributed by atoms with Crippen molar-refractivity contribution >= 4 is 11.8 Å². The predicted octanol–water partition coefficient (Wildman–Crippen LogP) is 1.82. The SMILES string of the molecule is COc1ccc(C(=O)NCC(=O)N2CCN(CCc3ccccc3)CC2)cc1OC. The third-order valence-electron chi connectivity index (χ3n) is 5.33. The third kappa shape index (κ3) is 5.73. The molecule has 3 rings (SSSR count). The predicted molar refractivity (Wildman–Crippen MR) is 115 cm³/mol. The average molecular weight is 412 g/mol. The molecule has 30 heavy (non-hydrogen) atoms. The van der Waals surface area contributed by atoms with Crippen LogP contribution in [0.3, 0.4) is 0 Å². The molecule has 160 valence electrons. The number of nitrogens with zero attached hydrogens (tertiary/aromatic N) is 2.